The van der Waals surface area contributed by atoms with Gasteiger partial charge in [-0.2, -0.15) is 0 Å². The molecule has 0 spiro atoms. The van der Waals surface area contributed by atoms with E-state index >= 15 is 0 Å². The summed E-state index contributed by atoms with van der Waals surface area (Å²) in [5.74, 6) is 0.647. The quantitative estimate of drug-likeness (QED) is 0.680. The summed E-state index contributed by atoms with van der Waals surface area (Å²) < 4.78 is 5.87. The van der Waals surface area contributed by atoms with E-state index in [4.69, 9.17) is 4.74 Å². The van der Waals surface area contributed by atoms with Crippen molar-refractivity contribution in [2.24, 2.45) is 0 Å². The molecule has 3 aromatic carbocycles. The van der Waals surface area contributed by atoms with Gasteiger partial charge >= 0.3 is 0 Å². The average molecular weight is 359 g/mol. The molecule has 0 aliphatic heterocycles. The van der Waals surface area contributed by atoms with E-state index in [1.54, 1.807) is 0 Å². The summed E-state index contributed by atoms with van der Waals surface area (Å²) in [6.07, 6.45) is 0. The van der Waals surface area contributed by atoms with Crippen LogP contribution in [0, 0.1) is 20.8 Å². The third-order valence-electron chi connectivity index (χ3n) is 4.79. The van der Waals surface area contributed by atoms with Crippen molar-refractivity contribution in [3.8, 4) is 5.75 Å². The lowest BCUT2D eigenvalue weighted by molar-refractivity contribution is -0.123. The maximum atomic E-state index is 12.6. The van der Waals surface area contributed by atoms with Gasteiger partial charge in [0, 0.05) is 0 Å². The molecular formula is C24H25NO2. The zero-order chi connectivity index (χ0) is 19.2. The van der Waals surface area contributed by atoms with Crippen molar-refractivity contribution in [1.82, 2.24) is 5.32 Å². The number of hydrogen-bond acceptors (Lipinski definition) is 2. The highest BCUT2D eigenvalue weighted by Crippen LogP contribution is 2.26. The van der Waals surface area contributed by atoms with Crippen LogP contribution in [0.4, 0.5) is 0 Å². The monoisotopic (exact) mass is 359 g/mol. The van der Waals surface area contributed by atoms with Crippen LogP contribution in [0.25, 0.3) is 0 Å². The van der Waals surface area contributed by atoms with E-state index in [1.165, 1.54) is 0 Å². The molecule has 3 heteroatoms. The third-order valence-corrected chi connectivity index (χ3v) is 4.79. The number of ether oxygens (including phenoxy) is 1. The number of aryl methyl sites for hydroxylation is 2. The van der Waals surface area contributed by atoms with Crippen LogP contribution < -0.4 is 10.1 Å². The summed E-state index contributed by atoms with van der Waals surface area (Å²) >= 11 is 0. The van der Waals surface area contributed by atoms with Crippen LogP contribution >= 0.6 is 0 Å². The molecular weight excluding hydrogens is 334 g/mol. The number of hydrogen-bond donors (Lipinski definition) is 1. The molecule has 0 bridgehead atoms. The van der Waals surface area contributed by atoms with E-state index in [2.05, 4.69) is 11.4 Å². The first-order valence-electron chi connectivity index (χ1n) is 9.15. The van der Waals surface area contributed by atoms with E-state index in [-0.39, 0.29) is 18.6 Å². The highest BCUT2D eigenvalue weighted by molar-refractivity contribution is 5.78. The zero-order valence-corrected chi connectivity index (χ0v) is 16.0. The van der Waals surface area contributed by atoms with Gasteiger partial charge in [-0.25, -0.2) is 0 Å². The number of carbonyl (C=O) groups excluding carboxylic acids is 1. The van der Waals surface area contributed by atoms with Crippen LogP contribution in [0.1, 0.15) is 33.9 Å². The summed E-state index contributed by atoms with van der Waals surface area (Å²) in [7, 11) is 0. The minimum absolute atomic E-state index is 0.0126. The molecule has 0 aliphatic rings. The van der Waals surface area contributed by atoms with Crippen molar-refractivity contribution in [2.75, 3.05) is 6.61 Å². The lowest BCUT2D eigenvalue weighted by Gasteiger charge is -2.20. The molecule has 138 valence electrons. The third kappa shape index (κ3) is 4.56. The van der Waals surface area contributed by atoms with E-state index in [1.807, 2.05) is 87.5 Å². The molecule has 0 heterocycles. The fourth-order valence-corrected chi connectivity index (χ4v) is 3.14. The van der Waals surface area contributed by atoms with Gasteiger partial charge in [0.1, 0.15) is 5.75 Å². The SMILES string of the molecule is Cc1ccc(C)c(OCC(=O)NC(c2ccccc2)c2ccccc2)c1C. The van der Waals surface area contributed by atoms with Crippen LogP contribution in [0.5, 0.6) is 5.75 Å². The average Bonchev–Trinajstić information content (AvgIpc) is 2.70. The Morgan fingerprint density at radius 1 is 0.815 bits per heavy atom. The van der Waals surface area contributed by atoms with Gasteiger partial charge in [-0.3, -0.25) is 4.79 Å². The van der Waals surface area contributed by atoms with Crippen molar-refractivity contribution in [3.63, 3.8) is 0 Å². The van der Waals surface area contributed by atoms with Crippen molar-refractivity contribution >= 4 is 5.91 Å². The molecule has 3 rings (SSSR count). The van der Waals surface area contributed by atoms with Gasteiger partial charge in [0.05, 0.1) is 6.04 Å². The van der Waals surface area contributed by atoms with Gasteiger partial charge in [-0.05, 0) is 48.6 Å². The van der Waals surface area contributed by atoms with Crippen LogP contribution in [0.3, 0.4) is 0 Å². The molecule has 0 aromatic heterocycles. The Kier molecular flexibility index (Phi) is 5.92. The Hall–Kier alpha value is -3.07. The first-order valence-corrected chi connectivity index (χ1v) is 9.15. The molecule has 0 unspecified atom stereocenters. The Morgan fingerprint density at radius 3 is 1.89 bits per heavy atom. The fourth-order valence-electron chi connectivity index (χ4n) is 3.14. The number of rotatable bonds is 6. The highest BCUT2D eigenvalue weighted by atomic mass is 16.5. The van der Waals surface area contributed by atoms with Gasteiger partial charge in [0.15, 0.2) is 6.61 Å². The van der Waals surface area contributed by atoms with Gasteiger partial charge in [0.2, 0.25) is 0 Å². The molecule has 1 amide bonds. The minimum Gasteiger partial charge on any atom is -0.483 e. The summed E-state index contributed by atoms with van der Waals surface area (Å²) in [6, 6.07) is 23.8. The van der Waals surface area contributed by atoms with E-state index < -0.39 is 0 Å². The lowest BCUT2D eigenvalue weighted by atomic mass is 9.99. The summed E-state index contributed by atoms with van der Waals surface area (Å²) in [5, 5.41) is 3.11. The Balaban J connectivity index is 1.75. The Labute approximate surface area is 161 Å². The van der Waals surface area contributed by atoms with Gasteiger partial charge < -0.3 is 10.1 Å². The second-order valence-electron chi connectivity index (χ2n) is 6.76. The second-order valence-corrected chi connectivity index (χ2v) is 6.76. The van der Waals surface area contributed by atoms with Crippen LogP contribution in [-0.2, 0) is 4.79 Å². The van der Waals surface area contributed by atoms with Crippen molar-refractivity contribution in [2.45, 2.75) is 26.8 Å². The Bertz CT molecular complexity index is 865. The largest absolute Gasteiger partial charge is 0.483 e. The lowest BCUT2D eigenvalue weighted by Crippen LogP contribution is -2.33. The maximum absolute atomic E-state index is 12.6. The molecule has 0 fully saturated rings. The number of carbonyl (C=O) groups is 1. The standard InChI is InChI=1S/C24H25NO2/c1-17-14-15-18(2)24(19(17)3)27-16-22(26)25-23(20-10-6-4-7-11-20)21-12-8-5-9-13-21/h4-15,23H,16H2,1-3H3,(H,25,26). The Morgan fingerprint density at radius 2 is 1.33 bits per heavy atom. The summed E-state index contributed by atoms with van der Waals surface area (Å²) in [6.45, 7) is 6.05. The molecule has 3 nitrogen and oxygen atoms in total. The highest BCUT2D eigenvalue weighted by Gasteiger charge is 2.17. The zero-order valence-electron chi connectivity index (χ0n) is 16.0. The normalized spacial score (nSPS) is 10.7. The number of benzene rings is 3. The topological polar surface area (TPSA) is 38.3 Å². The van der Waals surface area contributed by atoms with Crippen LogP contribution in [0.15, 0.2) is 72.8 Å². The number of amides is 1. The van der Waals surface area contributed by atoms with E-state index in [0.717, 1.165) is 33.6 Å². The number of nitrogens with one attached hydrogen (secondary N) is 1. The van der Waals surface area contributed by atoms with Gasteiger partial charge in [0.25, 0.3) is 5.91 Å². The van der Waals surface area contributed by atoms with Crippen LogP contribution in [0.2, 0.25) is 0 Å². The molecule has 0 radical (unpaired) electrons. The van der Waals surface area contributed by atoms with Crippen molar-refractivity contribution < 1.29 is 9.53 Å². The molecule has 0 saturated carbocycles. The molecule has 0 atom stereocenters. The first-order chi connectivity index (χ1) is 13.1. The van der Waals surface area contributed by atoms with Crippen molar-refractivity contribution in [3.05, 3.63) is 101 Å². The second kappa shape index (κ2) is 8.54. The molecule has 3 aromatic rings. The van der Waals surface area contributed by atoms with E-state index in [0.29, 0.717) is 0 Å². The maximum Gasteiger partial charge on any atom is 0.258 e. The van der Waals surface area contributed by atoms with Gasteiger partial charge in [-0.1, -0.05) is 72.8 Å². The van der Waals surface area contributed by atoms with E-state index in [9.17, 15) is 4.79 Å². The summed E-state index contributed by atoms with van der Waals surface area (Å²) in [5.41, 5.74) is 5.35. The van der Waals surface area contributed by atoms with Crippen molar-refractivity contribution in [1.29, 1.82) is 0 Å². The predicted octanol–water partition coefficient (Wildman–Crippen LogP) is 4.90. The minimum atomic E-state index is -0.205. The smallest absolute Gasteiger partial charge is 0.258 e. The molecule has 0 saturated heterocycles. The fraction of sp³-hybridized carbons (Fsp3) is 0.208. The predicted molar refractivity (Wildman–Crippen MR) is 109 cm³/mol. The van der Waals surface area contributed by atoms with Gasteiger partial charge in [-0.15, -0.1) is 0 Å². The molecule has 0 aliphatic carbocycles. The first kappa shape index (κ1) is 18.7. The molecule has 27 heavy (non-hydrogen) atoms. The summed E-state index contributed by atoms with van der Waals surface area (Å²) in [4.78, 5) is 12.6. The molecule has 1 N–H and O–H groups in total. The van der Waals surface area contributed by atoms with Crippen LogP contribution in [-0.4, -0.2) is 12.5 Å².